The van der Waals surface area contributed by atoms with E-state index >= 15 is 0 Å². The average Bonchev–Trinajstić information content (AvgIpc) is 2.61. The lowest BCUT2D eigenvalue weighted by atomic mass is 9.92. The topological polar surface area (TPSA) is 82.5 Å². The van der Waals surface area contributed by atoms with Gasteiger partial charge in [-0.05, 0) is 38.0 Å². The molecule has 1 amide bonds. The first-order valence-electron chi connectivity index (χ1n) is 8.50. The van der Waals surface area contributed by atoms with E-state index in [0.717, 1.165) is 19.2 Å². The van der Waals surface area contributed by atoms with Gasteiger partial charge < -0.3 is 14.9 Å². The highest BCUT2D eigenvalue weighted by molar-refractivity contribution is 5.92. The molecule has 1 N–H and O–H groups in total. The highest BCUT2D eigenvalue weighted by atomic mass is 19.1. The van der Waals surface area contributed by atoms with Gasteiger partial charge in [0.05, 0.1) is 18.3 Å². The van der Waals surface area contributed by atoms with Crippen LogP contribution < -0.4 is 4.90 Å². The predicted octanol–water partition coefficient (Wildman–Crippen LogP) is 1.42. The third kappa shape index (κ3) is 4.13. The van der Waals surface area contributed by atoms with Crippen molar-refractivity contribution in [1.82, 2.24) is 19.9 Å². The summed E-state index contributed by atoms with van der Waals surface area (Å²) in [7, 11) is 1.65. The van der Waals surface area contributed by atoms with Gasteiger partial charge in [-0.3, -0.25) is 4.79 Å². The maximum absolute atomic E-state index is 13.1. The van der Waals surface area contributed by atoms with Crippen molar-refractivity contribution in [2.75, 3.05) is 31.6 Å². The number of nitrogens with zero attached hydrogens (tertiary/aromatic N) is 5. The third-order valence-electron chi connectivity index (χ3n) is 4.46. The summed E-state index contributed by atoms with van der Waals surface area (Å²) >= 11 is 0. The molecule has 7 nitrogen and oxygen atoms in total. The van der Waals surface area contributed by atoms with E-state index in [2.05, 4.69) is 15.0 Å². The first-order chi connectivity index (χ1) is 12.4. The Kier molecular flexibility index (Phi) is 5.13. The van der Waals surface area contributed by atoms with E-state index < -0.39 is 11.4 Å². The van der Waals surface area contributed by atoms with E-state index in [1.807, 2.05) is 4.90 Å². The van der Waals surface area contributed by atoms with Crippen molar-refractivity contribution >= 4 is 11.7 Å². The van der Waals surface area contributed by atoms with Crippen molar-refractivity contribution < 1.29 is 14.3 Å². The summed E-state index contributed by atoms with van der Waals surface area (Å²) in [4.78, 5) is 28.2. The lowest BCUT2D eigenvalue weighted by molar-refractivity contribution is -0.000287. The van der Waals surface area contributed by atoms with Gasteiger partial charge in [0.1, 0.15) is 23.2 Å². The molecule has 0 radical (unpaired) electrons. The van der Waals surface area contributed by atoms with Crippen LogP contribution >= 0.6 is 0 Å². The van der Waals surface area contributed by atoms with Gasteiger partial charge in [-0.25, -0.2) is 19.3 Å². The van der Waals surface area contributed by atoms with E-state index in [9.17, 15) is 14.3 Å². The Morgan fingerprint density at radius 3 is 2.88 bits per heavy atom. The molecule has 1 aliphatic rings. The van der Waals surface area contributed by atoms with Gasteiger partial charge in [-0.2, -0.15) is 0 Å². The first-order valence-corrected chi connectivity index (χ1v) is 8.50. The fourth-order valence-corrected chi connectivity index (χ4v) is 3.28. The van der Waals surface area contributed by atoms with Crippen LogP contribution in [-0.2, 0) is 0 Å². The first kappa shape index (κ1) is 18.2. The molecule has 26 heavy (non-hydrogen) atoms. The lowest BCUT2D eigenvalue weighted by Crippen LogP contribution is -2.55. The Morgan fingerprint density at radius 2 is 2.19 bits per heavy atom. The van der Waals surface area contributed by atoms with Crippen molar-refractivity contribution in [2.24, 2.45) is 0 Å². The molecule has 8 heteroatoms. The number of β-amino-alcohol motifs (C(OH)–C–C–N with tert-alkyl or cyclic N) is 1. The van der Waals surface area contributed by atoms with Crippen LogP contribution in [0.15, 0.2) is 30.6 Å². The number of halogens is 1. The largest absolute Gasteiger partial charge is 0.386 e. The number of aromatic nitrogens is 3. The molecule has 0 saturated carbocycles. The van der Waals surface area contributed by atoms with Crippen molar-refractivity contribution in [3.8, 4) is 0 Å². The van der Waals surface area contributed by atoms with Crippen LogP contribution in [0.3, 0.4) is 0 Å². The molecule has 0 spiro atoms. The number of aryl methyl sites for hydroxylation is 1. The summed E-state index contributed by atoms with van der Waals surface area (Å²) in [5.41, 5.74) is -0.766. The van der Waals surface area contributed by atoms with Crippen LogP contribution in [0, 0.1) is 12.7 Å². The Morgan fingerprint density at radius 1 is 1.38 bits per heavy atom. The number of anilines is 1. The van der Waals surface area contributed by atoms with Gasteiger partial charge in [0.25, 0.3) is 5.91 Å². The summed E-state index contributed by atoms with van der Waals surface area (Å²) in [5.74, 6) is 0.478. The maximum atomic E-state index is 13.1. The molecule has 2 aromatic heterocycles. The number of carbonyl (C=O) groups is 1. The van der Waals surface area contributed by atoms with Crippen molar-refractivity contribution in [3.63, 3.8) is 0 Å². The van der Waals surface area contributed by atoms with Crippen LogP contribution in [0.25, 0.3) is 0 Å². The van der Waals surface area contributed by atoms with Crippen LogP contribution in [-0.4, -0.2) is 63.1 Å². The van der Waals surface area contributed by atoms with Gasteiger partial charge in [0, 0.05) is 26.3 Å². The number of amides is 1. The zero-order valence-electron chi connectivity index (χ0n) is 14.9. The van der Waals surface area contributed by atoms with Gasteiger partial charge in [-0.15, -0.1) is 0 Å². The number of aliphatic hydroxyl groups is 1. The number of likely N-dealkylation sites (N-methyl/N-ethyl adjacent to an activating group) is 1. The zero-order valence-corrected chi connectivity index (χ0v) is 14.9. The number of hydrogen-bond donors (Lipinski definition) is 1. The number of rotatable bonds is 4. The van der Waals surface area contributed by atoms with E-state index in [1.165, 1.54) is 11.0 Å². The summed E-state index contributed by atoms with van der Waals surface area (Å²) in [5, 5.41) is 11.0. The molecular formula is C18H22FN5O2. The number of carbonyl (C=O) groups excluding carboxylic acids is 1. The molecule has 0 aliphatic carbocycles. The average molecular weight is 359 g/mol. The standard InChI is InChI=1S/C18H22FN5O2/c1-13-20-8-6-15(22-13)17(25)23(2)11-18(26)7-3-9-24(12-18)16-5-4-14(19)10-21-16/h4-6,8,10,26H,3,7,9,11-12H2,1-2H3. The summed E-state index contributed by atoms with van der Waals surface area (Å²) in [6, 6.07) is 4.51. The molecular weight excluding hydrogens is 337 g/mol. The lowest BCUT2D eigenvalue weighted by Gasteiger charge is -2.41. The van der Waals surface area contributed by atoms with E-state index in [1.54, 1.807) is 32.3 Å². The quantitative estimate of drug-likeness (QED) is 0.889. The van der Waals surface area contributed by atoms with Crippen LogP contribution in [0.5, 0.6) is 0 Å². The Hall–Kier alpha value is -2.61. The van der Waals surface area contributed by atoms with Gasteiger partial charge >= 0.3 is 0 Å². The molecule has 2 aromatic rings. The number of pyridine rings is 1. The maximum Gasteiger partial charge on any atom is 0.272 e. The Bertz CT molecular complexity index is 785. The molecule has 1 unspecified atom stereocenters. The molecule has 138 valence electrons. The van der Waals surface area contributed by atoms with Crippen molar-refractivity contribution in [1.29, 1.82) is 0 Å². The fourth-order valence-electron chi connectivity index (χ4n) is 3.28. The molecule has 1 aliphatic heterocycles. The fraction of sp³-hybridized carbons (Fsp3) is 0.444. The minimum Gasteiger partial charge on any atom is -0.386 e. The molecule has 3 heterocycles. The zero-order chi connectivity index (χ0) is 18.7. The summed E-state index contributed by atoms with van der Waals surface area (Å²) in [6.45, 7) is 2.95. The number of piperidine rings is 1. The van der Waals surface area contributed by atoms with Crippen LogP contribution in [0.1, 0.15) is 29.2 Å². The molecule has 0 bridgehead atoms. The smallest absolute Gasteiger partial charge is 0.272 e. The Balaban J connectivity index is 1.69. The van der Waals surface area contributed by atoms with Gasteiger partial charge in [0.15, 0.2) is 0 Å². The highest BCUT2D eigenvalue weighted by Gasteiger charge is 2.36. The monoisotopic (exact) mass is 359 g/mol. The second-order valence-corrected chi connectivity index (χ2v) is 6.73. The van der Waals surface area contributed by atoms with Crippen molar-refractivity contribution in [2.45, 2.75) is 25.4 Å². The van der Waals surface area contributed by atoms with Crippen LogP contribution in [0.4, 0.5) is 10.2 Å². The van der Waals surface area contributed by atoms with Gasteiger partial charge in [0.2, 0.25) is 0 Å². The molecule has 0 aromatic carbocycles. The van der Waals surface area contributed by atoms with Crippen molar-refractivity contribution in [3.05, 3.63) is 47.9 Å². The predicted molar refractivity (Wildman–Crippen MR) is 94.3 cm³/mol. The third-order valence-corrected chi connectivity index (χ3v) is 4.46. The van der Waals surface area contributed by atoms with E-state index in [-0.39, 0.29) is 12.5 Å². The summed E-state index contributed by atoms with van der Waals surface area (Å²) < 4.78 is 13.1. The molecule has 3 rings (SSSR count). The normalized spacial score (nSPS) is 20.1. The second-order valence-electron chi connectivity index (χ2n) is 6.73. The molecule has 1 saturated heterocycles. The minimum atomic E-state index is -1.07. The SMILES string of the molecule is Cc1nccc(C(=O)N(C)CC2(O)CCCN(c3ccc(F)cn3)C2)n1. The molecule has 1 fully saturated rings. The van der Waals surface area contributed by atoms with Gasteiger partial charge in [-0.1, -0.05) is 0 Å². The minimum absolute atomic E-state index is 0.173. The van der Waals surface area contributed by atoms with E-state index in [4.69, 9.17) is 0 Å². The highest BCUT2D eigenvalue weighted by Crippen LogP contribution is 2.26. The second kappa shape index (κ2) is 7.33. The van der Waals surface area contributed by atoms with Crippen LogP contribution in [0.2, 0.25) is 0 Å². The number of hydrogen-bond acceptors (Lipinski definition) is 6. The Labute approximate surface area is 151 Å². The summed E-state index contributed by atoms with van der Waals surface area (Å²) in [6.07, 6.45) is 4.03. The van der Waals surface area contributed by atoms with E-state index in [0.29, 0.717) is 30.3 Å². The molecule has 1 atom stereocenters.